The lowest BCUT2D eigenvalue weighted by atomic mass is 9.81. The molecule has 144 valence electrons. The second kappa shape index (κ2) is 6.70. The number of hydrogen-bond acceptors (Lipinski definition) is 3. The third kappa shape index (κ3) is 2.68. The highest BCUT2D eigenvalue weighted by atomic mass is 79.9. The molecule has 6 heteroatoms. The van der Waals surface area contributed by atoms with Crippen LogP contribution in [-0.4, -0.2) is 21.5 Å². The van der Waals surface area contributed by atoms with Gasteiger partial charge in [-0.2, -0.15) is 0 Å². The summed E-state index contributed by atoms with van der Waals surface area (Å²) in [5.74, 6) is 1.38. The molecule has 0 spiro atoms. The van der Waals surface area contributed by atoms with Crippen molar-refractivity contribution < 1.29 is 14.3 Å². The second-order valence-electron chi connectivity index (χ2n) is 7.92. The van der Waals surface area contributed by atoms with Crippen LogP contribution >= 0.6 is 31.9 Å². The third-order valence-electron chi connectivity index (χ3n) is 6.34. The fourth-order valence-electron chi connectivity index (χ4n) is 5.01. The van der Waals surface area contributed by atoms with Crippen molar-refractivity contribution in [1.82, 2.24) is 0 Å². The molecule has 2 bridgehead atoms. The Hall–Kier alpha value is -1.66. The SMILES string of the molecule is Cc1ccc(Oc2ccc(N3C(=O)C4C5CC(C(Br)C5Br)C4C3=O)cc2)cc1. The fraction of sp³-hybridized carbons (Fsp3) is 0.364. The van der Waals surface area contributed by atoms with Gasteiger partial charge in [-0.1, -0.05) is 49.6 Å². The van der Waals surface area contributed by atoms with Crippen LogP contribution in [-0.2, 0) is 9.59 Å². The van der Waals surface area contributed by atoms with Crippen LogP contribution in [0.4, 0.5) is 5.69 Å². The number of carbonyl (C=O) groups excluding carboxylic acids is 2. The molecular formula is C22H19Br2NO3. The summed E-state index contributed by atoms with van der Waals surface area (Å²) in [6.45, 7) is 2.03. The average Bonchev–Trinajstić information content (AvgIpc) is 3.29. The lowest BCUT2D eigenvalue weighted by molar-refractivity contribution is -0.123. The molecule has 6 atom stereocenters. The van der Waals surface area contributed by atoms with Crippen LogP contribution in [0.1, 0.15) is 12.0 Å². The van der Waals surface area contributed by atoms with Gasteiger partial charge in [0.05, 0.1) is 17.5 Å². The number of aryl methyl sites for hydroxylation is 1. The largest absolute Gasteiger partial charge is 0.457 e. The van der Waals surface area contributed by atoms with Crippen LogP contribution in [0, 0.1) is 30.6 Å². The highest BCUT2D eigenvalue weighted by molar-refractivity contribution is 9.12. The number of ether oxygens (including phenoxy) is 1. The van der Waals surface area contributed by atoms with Gasteiger partial charge in [-0.25, -0.2) is 0 Å². The number of alkyl halides is 2. The van der Waals surface area contributed by atoms with E-state index in [1.54, 1.807) is 24.3 Å². The van der Waals surface area contributed by atoms with E-state index in [-0.39, 0.29) is 45.1 Å². The van der Waals surface area contributed by atoms with Gasteiger partial charge in [0.1, 0.15) is 11.5 Å². The maximum atomic E-state index is 13.1. The number of imide groups is 1. The van der Waals surface area contributed by atoms with Gasteiger partial charge in [-0.05, 0) is 61.6 Å². The van der Waals surface area contributed by atoms with Crippen molar-refractivity contribution in [1.29, 1.82) is 0 Å². The number of anilines is 1. The van der Waals surface area contributed by atoms with Gasteiger partial charge in [0.2, 0.25) is 11.8 Å². The normalized spacial score (nSPS) is 33.5. The van der Waals surface area contributed by atoms with Crippen LogP contribution in [0.3, 0.4) is 0 Å². The summed E-state index contributed by atoms with van der Waals surface area (Å²) < 4.78 is 5.85. The predicted molar refractivity (Wildman–Crippen MR) is 114 cm³/mol. The molecule has 3 aliphatic rings. The molecular weight excluding hydrogens is 486 g/mol. The first-order chi connectivity index (χ1) is 13.5. The predicted octanol–water partition coefficient (Wildman–Crippen LogP) is 5.07. The minimum atomic E-state index is -0.195. The van der Waals surface area contributed by atoms with Gasteiger partial charge in [0.25, 0.3) is 0 Å². The maximum Gasteiger partial charge on any atom is 0.238 e. The van der Waals surface area contributed by atoms with Gasteiger partial charge in [0, 0.05) is 9.65 Å². The summed E-state index contributed by atoms with van der Waals surface area (Å²) in [7, 11) is 0. The maximum absolute atomic E-state index is 13.1. The molecule has 0 aromatic heterocycles. The molecule has 2 aromatic carbocycles. The number of rotatable bonds is 3. The molecule has 0 radical (unpaired) electrons. The molecule has 2 saturated carbocycles. The summed E-state index contributed by atoms with van der Waals surface area (Å²) in [4.78, 5) is 28.1. The zero-order chi connectivity index (χ0) is 19.6. The first-order valence-electron chi connectivity index (χ1n) is 9.46. The Labute approximate surface area is 180 Å². The lowest BCUT2D eigenvalue weighted by Gasteiger charge is -2.28. The van der Waals surface area contributed by atoms with Gasteiger partial charge in [-0.3, -0.25) is 14.5 Å². The Morgan fingerprint density at radius 1 is 0.821 bits per heavy atom. The second-order valence-corrected chi connectivity index (χ2v) is 10.0. The monoisotopic (exact) mass is 503 g/mol. The quantitative estimate of drug-likeness (QED) is 0.433. The molecule has 2 aliphatic carbocycles. The minimum Gasteiger partial charge on any atom is -0.457 e. The molecule has 2 aromatic rings. The Kier molecular flexibility index (Phi) is 4.40. The zero-order valence-electron chi connectivity index (χ0n) is 15.2. The smallest absolute Gasteiger partial charge is 0.238 e. The summed E-state index contributed by atoms with van der Waals surface area (Å²) in [6, 6.07) is 15.0. The number of fused-ring (bicyclic) bond motifs is 5. The molecule has 6 unspecified atom stereocenters. The van der Waals surface area contributed by atoms with Crippen molar-refractivity contribution in [3.8, 4) is 11.5 Å². The standard InChI is InChI=1S/C22H19Br2NO3/c1-11-2-6-13(7-3-11)28-14-8-4-12(5-9-14)25-21(26)17-15-10-16(18(17)22(25)27)20(24)19(15)23/h2-9,15-20H,10H2,1H3. The Balaban J connectivity index is 1.37. The summed E-state index contributed by atoms with van der Waals surface area (Å²) >= 11 is 7.44. The molecule has 3 fully saturated rings. The summed E-state index contributed by atoms with van der Waals surface area (Å²) in [5.41, 5.74) is 1.79. The van der Waals surface area contributed by atoms with E-state index in [1.807, 2.05) is 31.2 Å². The van der Waals surface area contributed by atoms with Crippen LogP contribution in [0.15, 0.2) is 48.5 Å². The van der Waals surface area contributed by atoms with Crippen LogP contribution in [0.25, 0.3) is 0 Å². The van der Waals surface area contributed by atoms with E-state index in [1.165, 1.54) is 10.5 Å². The number of nitrogens with zero attached hydrogens (tertiary/aromatic N) is 1. The van der Waals surface area contributed by atoms with E-state index in [2.05, 4.69) is 31.9 Å². The molecule has 5 rings (SSSR count). The van der Waals surface area contributed by atoms with Crippen molar-refractivity contribution in [2.24, 2.45) is 23.7 Å². The van der Waals surface area contributed by atoms with E-state index >= 15 is 0 Å². The van der Waals surface area contributed by atoms with Crippen LogP contribution < -0.4 is 9.64 Å². The molecule has 2 amide bonds. The number of benzene rings is 2. The molecule has 0 N–H and O–H groups in total. The molecule has 4 nitrogen and oxygen atoms in total. The number of amides is 2. The Morgan fingerprint density at radius 3 is 1.79 bits per heavy atom. The topological polar surface area (TPSA) is 46.6 Å². The minimum absolute atomic E-state index is 0.0569. The first kappa shape index (κ1) is 18.4. The number of carbonyl (C=O) groups is 2. The molecule has 1 aliphatic heterocycles. The first-order valence-corrected chi connectivity index (χ1v) is 11.3. The van der Waals surface area contributed by atoms with Gasteiger partial charge < -0.3 is 4.74 Å². The van der Waals surface area contributed by atoms with Gasteiger partial charge in [0.15, 0.2) is 0 Å². The van der Waals surface area contributed by atoms with Crippen molar-refractivity contribution in [3.63, 3.8) is 0 Å². The lowest BCUT2D eigenvalue weighted by Crippen LogP contribution is -2.37. The van der Waals surface area contributed by atoms with Crippen molar-refractivity contribution in [2.45, 2.75) is 23.0 Å². The number of halogens is 2. The van der Waals surface area contributed by atoms with Gasteiger partial charge >= 0.3 is 0 Å². The van der Waals surface area contributed by atoms with E-state index in [0.29, 0.717) is 11.4 Å². The number of hydrogen-bond donors (Lipinski definition) is 0. The summed E-state index contributed by atoms with van der Waals surface area (Å²) in [5, 5.41) is 0. The zero-order valence-corrected chi connectivity index (χ0v) is 18.4. The Bertz CT molecular complexity index is 911. The van der Waals surface area contributed by atoms with Crippen molar-refractivity contribution in [2.75, 3.05) is 4.90 Å². The molecule has 28 heavy (non-hydrogen) atoms. The Morgan fingerprint density at radius 2 is 1.29 bits per heavy atom. The van der Waals surface area contributed by atoms with E-state index < -0.39 is 0 Å². The molecule has 1 saturated heterocycles. The fourth-order valence-corrected chi connectivity index (χ4v) is 6.88. The highest BCUT2D eigenvalue weighted by Crippen LogP contribution is 2.60. The van der Waals surface area contributed by atoms with Gasteiger partial charge in [-0.15, -0.1) is 0 Å². The molecule has 1 heterocycles. The van der Waals surface area contributed by atoms with Crippen molar-refractivity contribution in [3.05, 3.63) is 54.1 Å². The van der Waals surface area contributed by atoms with E-state index in [4.69, 9.17) is 4.74 Å². The van der Waals surface area contributed by atoms with Crippen LogP contribution in [0.5, 0.6) is 11.5 Å². The average molecular weight is 505 g/mol. The summed E-state index contributed by atoms with van der Waals surface area (Å²) in [6.07, 6.45) is 0.940. The van der Waals surface area contributed by atoms with E-state index in [9.17, 15) is 9.59 Å². The van der Waals surface area contributed by atoms with E-state index in [0.717, 1.165) is 12.2 Å². The highest BCUT2D eigenvalue weighted by Gasteiger charge is 2.66. The van der Waals surface area contributed by atoms with Crippen LogP contribution in [0.2, 0.25) is 0 Å². The van der Waals surface area contributed by atoms with Crippen molar-refractivity contribution >= 4 is 49.4 Å². The third-order valence-corrected chi connectivity index (χ3v) is 9.55.